The molecule has 5 heteroatoms. The van der Waals surface area contributed by atoms with E-state index in [-0.39, 0.29) is 0 Å². The molecular formula is C4H3B2N3. The summed E-state index contributed by atoms with van der Waals surface area (Å²) >= 11 is 0. The zero-order chi connectivity index (χ0) is 6.53. The first-order valence-corrected chi connectivity index (χ1v) is 2.45. The number of nitrogens with zero attached hydrogens (tertiary/aromatic N) is 3. The van der Waals surface area contributed by atoms with E-state index in [9.17, 15) is 0 Å². The molecule has 1 rings (SSSR count). The maximum absolute atomic E-state index is 4.99. The average Bonchev–Trinajstić information content (AvgIpc) is 1.91. The van der Waals surface area contributed by atoms with E-state index >= 15 is 0 Å². The summed E-state index contributed by atoms with van der Waals surface area (Å²) in [5.74, 6) is 0.389. The Morgan fingerprint density at radius 3 is 2.67 bits per heavy atom. The summed E-state index contributed by atoms with van der Waals surface area (Å²) in [4.78, 5) is 11.2. The van der Waals surface area contributed by atoms with E-state index in [1.807, 2.05) is 0 Å². The second-order valence-electron chi connectivity index (χ2n) is 1.33. The minimum atomic E-state index is 0.389. The zero-order valence-corrected chi connectivity index (χ0v) is 4.73. The van der Waals surface area contributed by atoms with Crippen LogP contribution in [0.1, 0.15) is 0 Å². The van der Waals surface area contributed by atoms with Gasteiger partial charge in [-0.1, -0.05) is 0 Å². The number of rotatable bonds is 1. The molecule has 0 spiro atoms. The summed E-state index contributed by atoms with van der Waals surface area (Å²) in [6.07, 6.45) is 3.21. The Balaban J connectivity index is 2.85. The third-order valence-electron chi connectivity index (χ3n) is 0.742. The molecule has 0 aliphatic carbocycles. The Morgan fingerprint density at radius 1 is 1.44 bits per heavy atom. The van der Waals surface area contributed by atoms with Gasteiger partial charge in [-0.2, -0.15) is 0 Å². The summed E-state index contributed by atoms with van der Waals surface area (Å²) in [6, 6.07) is 1.72. The molecular weight excluding hydrogens is 112 g/mol. The number of hydrogen-bond acceptors (Lipinski definition) is 3. The van der Waals surface area contributed by atoms with E-state index in [0.717, 1.165) is 6.96 Å². The predicted octanol–water partition coefficient (Wildman–Crippen LogP) is 0.0794. The topological polar surface area (TPSA) is 38.1 Å². The minimum absolute atomic E-state index is 0.389. The first kappa shape index (κ1) is 6.13. The number of aromatic nitrogens is 2. The van der Waals surface area contributed by atoms with E-state index in [1.54, 1.807) is 18.5 Å². The normalized spacial score (nSPS) is 9.33. The van der Waals surface area contributed by atoms with Crippen LogP contribution in [0.3, 0.4) is 0 Å². The molecule has 2 radical (unpaired) electrons. The second kappa shape index (κ2) is 3.12. The van der Waals surface area contributed by atoms with Crippen LogP contribution in [0, 0.1) is 0 Å². The van der Waals surface area contributed by atoms with Crippen molar-refractivity contribution in [3.63, 3.8) is 0 Å². The Kier molecular flexibility index (Phi) is 2.13. The van der Waals surface area contributed by atoms with Crippen molar-refractivity contribution in [2.75, 3.05) is 0 Å². The third kappa shape index (κ3) is 1.76. The Labute approximate surface area is 54.9 Å². The molecule has 1 aromatic heterocycles. The van der Waals surface area contributed by atoms with Crippen LogP contribution < -0.4 is 0 Å². The van der Waals surface area contributed by atoms with Crippen molar-refractivity contribution >= 4 is 20.6 Å². The quantitative estimate of drug-likeness (QED) is 0.485. The SMILES string of the molecule is [B]B=Nc1ncccn1. The first-order chi connectivity index (χ1) is 4.43. The van der Waals surface area contributed by atoms with Gasteiger partial charge in [-0.05, 0) is 0 Å². The van der Waals surface area contributed by atoms with E-state index in [0.29, 0.717) is 5.95 Å². The fourth-order valence-electron chi connectivity index (χ4n) is 0.425. The molecule has 0 fully saturated rings. The fraction of sp³-hybridized carbons (Fsp3) is 0. The molecule has 0 amide bonds. The molecule has 0 aliphatic rings. The van der Waals surface area contributed by atoms with Gasteiger partial charge in [0, 0.05) is 0 Å². The first-order valence-electron chi connectivity index (χ1n) is 2.45. The van der Waals surface area contributed by atoms with Gasteiger partial charge in [-0.3, -0.25) is 0 Å². The van der Waals surface area contributed by atoms with Crippen LogP contribution in [-0.2, 0) is 0 Å². The maximum atomic E-state index is 4.99. The second-order valence-corrected chi connectivity index (χ2v) is 1.33. The summed E-state index contributed by atoms with van der Waals surface area (Å²) in [6.45, 7) is 1.16. The average molecular weight is 115 g/mol. The van der Waals surface area contributed by atoms with Crippen molar-refractivity contribution in [2.24, 2.45) is 4.90 Å². The van der Waals surface area contributed by atoms with Crippen LogP contribution in [-0.4, -0.2) is 24.7 Å². The monoisotopic (exact) mass is 115 g/mol. The molecule has 0 saturated heterocycles. The van der Waals surface area contributed by atoms with Crippen molar-refractivity contribution in [3.05, 3.63) is 18.5 Å². The zero-order valence-electron chi connectivity index (χ0n) is 4.73. The van der Waals surface area contributed by atoms with Crippen molar-refractivity contribution in [3.8, 4) is 0 Å². The summed E-state index contributed by atoms with van der Waals surface area (Å²) in [5.41, 5.74) is 0. The van der Waals surface area contributed by atoms with Gasteiger partial charge in [0.05, 0.1) is 0 Å². The van der Waals surface area contributed by atoms with Crippen molar-refractivity contribution in [1.29, 1.82) is 0 Å². The Morgan fingerprint density at radius 2 is 2.11 bits per heavy atom. The molecule has 0 aliphatic heterocycles. The summed E-state index contributed by atoms with van der Waals surface area (Å²) in [5, 5.41) is 0. The molecule has 9 heavy (non-hydrogen) atoms. The Bertz CT molecular complexity index is 198. The van der Waals surface area contributed by atoms with Crippen LogP contribution in [0.4, 0.5) is 5.95 Å². The standard InChI is InChI=1S/C4H3B2N3/c5-6-9-4-7-2-1-3-8-4/h1-3H. The molecule has 0 aromatic carbocycles. The van der Waals surface area contributed by atoms with E-state index in [2.05, 4.69) is 14.9 Å². The molecule has 0 saturated carbocycles. The molecule has 0 unspecified atom stereocenters. The van der Waals surface area contributed by atoms with Gasteiger partial charge < -0.3 is 0 Å². The molecule has 40 valence electrons. The van der Waals surface area contributed by atoms with E-state index in [4.69, 9.17) is 7.74 Å². The third-order valence-corrected chi connectivity index (χ3v) is 0.742. The van der Waals surface area contributed by atoms with Crippen LogP contribution in [0.25, 0.3) is 0 Å². The predicted molar refractivity (Wildman–Crippen MR) is 35.6 cm³/mol. The van der Waals surface area contributed by atoms with Crippen LogP contribution in [0.2, 0.25) is 0 Å². The van der Waals surface area contributed by atoms with E-state index < -0.39 is 0 Å². The van der Waals surface area contributed by atoms with Crippen molar-refractivity contribution in [2.45, 2.75) is 0 Å². The van der Waals surface area contributed by atoms with Crippen LogP contribution >= 0.6 is 0 Å². The summed E-state index contributed by atoms with van der Waals surface area (Å²) in [7, 11) is 4.99. The van der Waals surface area contributed by atoms with Crippen molar-refractivity contribution < 1.29 is 0 Å². The Hall–Kier alpha value is -0.990. The molecule has 0 atom stereocenters. The van der Waals surface area contributed by atoms with Gasteiger partial charge in [-0.25, -0.2) is 0 Å². The van der Waals surface area contributed by atoms with Gasteiger partial charge in [0.25, 0.3) is 0 Å². The van der Waals surface area contributed by atoms with Gasteiger partial charge in [0.15, 0.2) is 0 Å². The summed E-state index contributed by atoms with van der Waals surface area (Å²) < 4.78 is 0. The van der Waals surface area contributed by atoms with Crippen LogP contribution in [0.5, 0.6) is 0 Å². The molecule has 1 aromatic rings. The van der Waals surface area contributed by atoms with Gasteiger partial charge in [-0.15, -0.1) is 0 Å². The molecule has 0 N–H and O–H groups in total. The van der Waals surface area contributed by atoms with Gasteiger partial charge >= 0.3 is 54.0 Å². The van der Waals surface area contributed by atoms with Crippen LogP contribution in [0.15, 0.2) is 23.4 Å². The van der Waals surface area contributed by atoms with Gasteiger partial charge in [0.2, 0.25) is 0 Å². The molecule has 1 heterocycles. The number of hydrogen-bond donors (Lipinski definition) is 0. The molecule has 3 nitrogen and oxygen atoms in total. The van der Waals surface area contributed by atoms with Crippen molar-refractivity contribution in [1.82, 2.24) is 9.97 Å². The fourth-order valence-corrected chi connectivity index (χ4v) is 0.425. The van der Waals surface area contributed by atoms with Gasteiger partial charge in [0.1, 0.15) is 0 Å². The molecule has 0 bridgehead atoms. The van der Waals surface area contributed by atoms with E-state index in [1.165, 1.54) is 0 Å².